The summed E-state index contributed by atoms with van der Waals surface area (Å²) < 4.78 is 1.98. The Morgan fingerprint density at radius 3 is 2.50 bits per heavy atom. The Morgan fingerprint density at radius 1 is 1.08 bits per heavy atom. The fraction of sp³-hybridized carbons (Fsp3) is 0.333. The van der Waals surface area contributed by atoms with E-state index in [4.69, 9.17) is 11.5 Å². The van der Waals surface area contributed by atoms with Crippen molar-refractivity contribution in [3.05, 3.63) is 42.4 Å². The minimum atomic E-state index is 0.491. The summed E-state index contributed by atoms with van der Waals surface area (Å²) >= 11 is 0. The predicted octanol–water partition coefficient (Wildman–Crippen LogP) is 2.37. The van der Waals surface area contributed by atoms with Crippen LogP contribution < -0.4 is 11.5 Å². The first kappa shape index (κ1) is 15.0. The smallest absolute Gasteiger partial charge is 0.151 e. The lowest BCUT2D eigenvalue weighted by Gasteiger charge is -2.28. The van der Waals surface area contributed by atoms with Gasteiger partial charge in [0.15, 0.2) is 5.82 Å². The van der Waals surface area contributed by atoms with E-state index in [0.717, 1.165) is 48.3 Å². The average Bonchev–Trinajstić information content (AvgIpc) is 2.97. The van der Waals surface area contributed by atoms with Gasteiger partial charge in [-0.05, 0) is 56.7 Å². The number of nitrogen functional groups attached to an aromatic ring is 2. The second kappa shape index (κ2) is 5.79. The number of benzene rings is 1. The van der Waals surface area contributed by atoms with E-state index in [1.54, 1.807) is 0 Å². The van der Waals surface area contributed by atoms with Gasteiger partial charge in [0.05, 0.1) is 0 Å². The molecule has 4 N–H and O–H groups in total. The van der Waals surface area contributed by atoms with Crippen molar-refractivity contribution in [1.29, 1.82) is 0 Å². The number of nitrogens with zero attached hydrogens (tertiary/aromatic N) is 4. The molecular weight excluding hydrogens is 300 g/mol. The average molecular weight is 322 g/mol. The van der Waals surface area contributed by atoms with Crippen molar-refractivity contribution in [2.24, 2.45) is 0 Å². The standard InChI is InChI=1S/C18H22N6/c1-23-8-6-13(7-9-23)16-10-15(12-2-4-14(19)5-3-12)17-18(20)21-11-22-24(16)17/h2-5,10-11,13H,6-9,19H2,1H3,(H2,20,21,22). The van der Waals surface area contributed by atoms with Gasteiger partial charge in [0.2, 0.25) is 0 Å². The molecule has 0 amide bonds. The molecule has 0 aliphatic carbocycles. The van der Waals surface area contributed by atoms with Gasteiger partial charge in [0.25, 0.3) is 0 Å². The maximum absolute atomic E-state index is 6.18. The number of rotatable bonds is 2. The number of anilines is 2. The molecule has 0 unspecified atom stereocenters. The van der Waals surface area contributed by atoms with E-state index in [1.165, 1.54) is 12.0 Å². The van der Waals surface area contributed by atoms with Crippen LogP contribution in [-0.2, 0) is 0 Å². The van der Waals surface area contributed by atoms with Gasteiger partial charge in [-0.1, -0.05) is 12.1 Å². The second-order valence-electron chi connectivity index (χ2n) is 6.59. The maximum Gasteiger partial charge on any atom is 0.151 e. The van der Waals surface area contributed by atoms with Crippen LogP contribution >= 0.6 is 0 Å². The first-order valence-electron chi connectivity index (χ1n) is 8.30. The van der Waals surface area contributed by atoms with Gasteiger partial charge in [-0.3, -0.25) is 0 Å². The molecule has 24 heavy (non-hydrogen) atoms. The maximum atomic E-state index is 6.18. The molecule has 3 heterocycles. The number of nitrogens with two attached hydrogens (primary N) is 2. The monoisotopic (exact) mass is 322 g/mol. The molecule has 4 rings (SSSR count). The fourth-order valence-electron chi connectivity index (χ4n) is 3.57. The molecular formula is C18H22N6. The van der Waals surface area contributed by atoms with Gasteiger partial charge >= 0.3 is 0 Å². The molecule has 1 fully saturated rings. The highest BCUT2D eigenvalue weighted by Crippen LogP contribution is 2.36. The summed E-state index contributed by atoms with van der Waals surface area (Å²) in [7, 11) is 2.17. The highest BCUT2D eigenvalue weighted by molar-refractivity contribution is 5.88. The lowest BCUT2D eigenvalue weighted by Crippen LogP contribution is -2.29. The minimum absolute atomic E-state index is 0.491. The summed E-state index contributed by atoms with van der Waals surface area (Å²) in [6.07, 6.45) is 3.80. The van der Waals surface area contributed by atoms with E-state index >= 15 is 0 Å². The number of hydrogen-bond donors (Lipinski definition) is 2. The largest absolute Gasteiger partial charge is 0.399 e. The van der Waals surface area contributed by atoms with Crippen molar-refractivity contribution in [3.63, 3.8) is 0 Å². The third-order valence-electron chi connectivity index (χ3n) is 4.97. The van der Waals surface area contributed by atoms with Crippen LogP contribution in [-0.4, -0.2) is 39.6 Å². The summed E-state index contributed by atoms with van der Waals surface area (Å²) in [6, 6.07) is 10.1. The zero-order valence-electron chi connectivity index (χ0n) is 13.8. The molecule has 6 heteroatoms. The van der Waals surface area contributed by atoms with E-state index in [9.17, 15) is 0 Å². The number of aromatic nitrogens is 3. The van der Waals surface area contributed by atoms with Crippen LogP contribution in [0.4, 0.5) is 11.5 Å². The zero-order valence-corrected chi connectivity index (χ0v) is 13.8. The van der Waals surface area contributed by atoms with Gasteiger partial charge in [-0.2, -0.15) is 5.10 Å². The van der Waals surface area contributed by atoms with Crippen LogP contribution in [0.2, 0.25) is 0 Å². The minimum Gasteiger partial charge on any atom is -0.399 e. The Morgan fingerprint density at radius 2 is 1.79 bits per heavy atom. The lowest BCUT2D eigenvalue weighted by atomic mass is 9.93. The molecule has 1 aromatic carbocycles. The molecule has 0 atom stereocenters. The van der Waals surface area contributed by atoms with E-state index in [0.29, 0.717) is 11.7 Å². The first-order valence-corrected chi connectivity index (χ1v) is 8.30. The molecule has 0 saturated carbocycles. The van der Waals surface area contributed by atoms with Crippen LogP contribution in [0.15, 0.2) is 36.7 Å². The molecule has 0 bridgehead atoms. The summed E-state index contributed by atoms with van der Waals surface area (Å²) in [5, 5.41) is 4.49. The Hall–Kier alpha value is -2.60. The summed E-state index contributed by atoms with van der Waals surface area (Å²) in [4.78, 5) is 6.57. The van der Waals surface area contributed by atoms with Crippen LogP contribution in [0.5, 0.6) is 0 Å². The van der Waals surface area contributed by atoms with Crippen molar-refractivity contribution in [1.82, 2.24) is 19.5 Å². The van der Waals surface area contributed by atoms with E-state index in [2.05, 4.69) is 28.1 Å². The Bertz CT molecular complexity index is 859. The predicted molar refractivity (Wildman–Crippen MR) is 96.7 cm³/mol. The van der Waals surface area contributed by atoms with Gasteiger partial charge in [0, 0.05) is 22.9 Å². The molecule has 2 aromatic heterocycles. The molecule has 3 aromatic rings. The highest BCUT2D eigenvalue weighted by atomic mass is 15.3. The molecule has 0 spiro atoms. The number of piperidine rings is 1. The fourth-order valence-corrected chi connectivity index (χ4v) is 3.57. The van der Waals surface area contributed by atoms with Crippen molar-refractivity contribution >= 4 is 17.0 Å². The van der Waals surface area contributed by atoms with Crippen LogP contribution in [0, 0.1) is 0 Å². The Labute approximate surface area is 141 Å². The molecule has 6 nitrogen and oxygen atoms in total. The topological polar surface area (TPSA) is 85.5 Å². The van der Waals surface area contributed by atoms with E-state index < -0.39 is 0 Å². The van der Waals surface area contributed by atoms with Crippen LogP contribution in [0.3, 0.4) is 0 Å². The first-order chi connectivity index (χ1) is 11.6. The third-order valence-corrected chi connectivity index (χ3v) is 4.97. The normalized spacial score (nSPS) is 16.7. The van der Waals surface area contributed by atoms with Crippen LogP contribution in [0.1, 0.15) is 24.5 Å². The Balaban J connectivity index is 1.87. The highest BCUT2D eigenvalue weighted by Gasteiger charge is 2.24. The van der Waals surface area contributed by atoms with Crippen LogP contribution in [0.25, 0.3) is 16.6 Å². The summed E-state index contributed by atoms with van der Waals surface area (Å²) in [5.74, 6) is 1.00. The zero-order chi connectivity index (χ0) is 16.7. The quantitative estimate of drug-likeness (QED) is 0.708. The summed E-state index contributed by atoms with van der Waals surface area (Å²) in [5.41, 5.74) is 17.0. The molecule has 1 aliphatic heterocycles. The Kier molecular flexibility index (Phi) is 3.61. The SMILES string of the molecule is CN1CCC(c2cc(-c3ccc(N)cc3)c3c(N)ncnn23)CC1. The second-order valence-corrected chi connectivity index (χ2v) is 6.59. The van der Waals surface area contributed by atoms with Gasteiger partial charge in [-0.25, -0.2) is 9.50 Å². The van der Waals surface area contributed by atoms with Gasteiger partial charge < -0.3 is 16.4 Å². The van der Waals surface area contributed by atoms with E-state index in [-0.39, 0.29) is 0 Å². The number of likely N-dealkylation sites (tertiary alicyclic amines) is 1. The summed E-state index contributed by atoms with van der Waals surface area (Å²) in [6.45, 7) is 2.21. The van der Waals surface area contributed by atoms with Gasteiger partial charge in [-0.15, -0.1) is 0 Å². The number of hydrogen-bond acceptors (Lipinski definition) is 5. The van der Waals surface area contributed by atoms with Crippen molar-refractivity contribution in [2.75, 3.05) is 31.6 Å². The molecule has 1 aliphatic rings. The number of fused-ring (bicyclic) bond motifs is 1. The lowest BCUT2D eigenvalue weighted by molar-refractivity contribution is 0.252. The molecule has 124 valence electrons. The van der Waals surface area contributed by atoms with Crippen molar-refractivity contribution in [2.45, 2.75) is 18.8 Å². The van der Waals surface area contributed by atoms with Crippen molar-refractivity contribution in [3.8, 4) is 11.1 Å². The van der Waals surface area contributed by atoms with Gasteiger partial charge in [0.1, 0.15) is 11.8 Å². The van der Waals surface area contributed by atoms with E-state index in [1.807, 2.05) is 28.8 Å². The molecule has 0 radical (unpaired) electrons. The van der Waals surface area contributed by atoms with Crippen molar-refractivity contribution < 1.29 is 0 Å². The molecule has 1 saturated heterocycles. The third kappa shape index (κ3) is 2.49.